The zero-order valence-electron chi connectivity index (χ0n) is 18.8. The second-order valence-electron chi connectivity index (χ2n) is 10.1. The van der Waals surface area contributed by atoms with Gasteiger partial charge in [0.05, 0.1) is 11.2 Å². The van der Waals surface area contributed by atoms with Crippen LogP contribution in [0.1, 0.15) is 82.4 Å². The SMILES string of the molecule is Cc1cc(-c2ccc3c(C(C)C4CCCCC4)cccc3n2)cc(C(C)(C)C)c1. The summed E-state index contributed by atoms with van der Waals surface area (Å²) >= 11 is 0. The molecule has 1 aromatic heterocycles. The van der Waals surface area contributed by atoms with E-state index in [9.17, 15) is 0 Å². The molecule has 4 rings (SSSR count). The third-order valence-corrected chi connectivity index (χ3v) is 6.85. The Morgan fingerprint density at radius 3 is 2.41 bits per heavy atom. The Bertz CT molecular complexity index is 1000. The molecule has 1 heteroatoms. The first-order valence-electron chi connectivity index (χ1n) is 11.3. The second kappa shape index (κ2) is 7.94. The van der Waals surface area contributed by atoms with E-state index in [0.717, 1.165) is 17.1 Å². The van der Waals surface area contributed by atoms with Crippen LogP contribution in [0.3, 0.4) is 0 Å². The van der Waals surface area contributed by atoms with E-state index in [4.69, 9.17) is 4.98 Å². The molecule has 1 nitrogen and oxygen atoms in total. The monoisotopic (exact) mass is 385 g/mol. The van der Waals surface area contributed by atoms with E-state index in [1.807, 2.05) is 0 Å². The van der Waals surface area contributed by atoms with Gasteiger partial charge in [0, 0.05) is 10.9 Å². The molecule has 0 N–H and O–H groups in total. The molecule has 152 valence electrons. The van der Waals surface area contributed by atoms with E-state index >= 15 is 0 Å². The number of rotatable bonds is 3. The van der Waals surface area contributed by atoms with E-state index in [-0.39, 0.29) is 5.41 Å². The lowest BCUT2D eigenvalue weighted by atomic mass is 9.77. The minimum Gasteiger partial charge on any atom is -0.248 e. The van der Waals surface area contributed by atoms with Crippen LogP contribution in [0, 0.1) is 12.8 Å². The van der Waals surface area contributed by atoms with Gasteiger partial charge < -0.3 is 0 Å². The van der Waals surface area contributed by atoms with Crippen molar-refractivity contribution in [2.75, 3.05) is 0 Å². The van der Waals surface area contributed by atoms with E-state index in [2.05, 4.69) is 83.1 Å². The summed E-state index contributed by atoms with van der Waals surface area (Å²) in [5.74, 6) is 1.43. The molecule has 0 spiro atoms. The Balaban J connectivity index is 1.74. The van der Waals surface area contributed by atoms with Crippen molar-refractivity contribution < 1.29 is 0 Å². The zero-order valence-corrected chi connectivity index (χ0v) is 18.8. The number of nitrogens with zero attached hydrogens (tertiary/aromatic N) is 1. The molecule has 3 aromatic rings. The minimum absolute atomic E-state index is 0.139. The largest absolute Gasteiger partial charge is 0.248 e. The fraction of sp³-hybridized carbons (Fsp3) is 0.464. The molecule has 1 fully saturated rings. The normalized spacial score (nSPS) is 16.9. The smallest absolute Gasteiger partial charge is 0.0712 e. The van der Waals surface area contributed by atoms with Crippen LogP contribution in [-0.2, 0) is 5.41 Å². The molecule has 1 heterocycles. The van der Waals surface area contributed by atoms with Crippen LogP contribution in [0.2, 0.25) is 0 Å². The van der Waals surface area contributed by atoms with Gasteiger partial charge in [-0.2, -0.15) is 0 Å². The number of pyridine rings is 1. The van der Waals surface area contributed by atoms with Gasteiger partial charge in [-0.15, -0.1) is 0 Å². The Kier molecular flexibility index (Phi) is 5.51. The Morgan fingerprint density at radius 2 is 1.69 bits per heavy atom. The lowest BCUT2D eigenvalue weighted by molar-refractivity contribution is 0.317. The molecule has 1 aliphatic carbocycles. The Labute approximate surface area is 176 Å². The molecule has 0 amide bonds. The van der Waals surface area contributed by atoms with Gasteiger partial charge >= 0.3 is 0 Å². The highest BCUT2D eigenvalue weighted by atomic mass is 14.7. The highest BCUT2D eigenvalue weighted by molar-refractivity contribution is 5.85. The molecule has 0 bridgehead atoms. The summed E-state index contributed by atoms with van der Waals surface area (Å²) in [6.45, 7) is 11.4. The maximum atomic E-state index is 5.10. The summed E-state index contributed by atoms with van der Waals surface area (Å²) in [5.41, 5.74) is 7.72. The molecule has 0 saturated heterocycles. The van der Waals surface area contributed by atoms with E-state index in [1.165, 1.54) is 59.7 Å². The summed E-state index contributed by atoms with van der Waals surface area (Å²) in [6, 6.07) is 18.1. The number of aryl methyl sites for hydroxylation is 1. The van der Waals surface area contributed by atoms with E-state index < -0.39 is 0 Å². The average molecular weight is 386 g/mol. The molecule has 1 saturated carbocycles. The summed E-state index contributed by atoms with van der Waals surface area (Å²) < 4.78 is 0. The van der Waals surface area contributed by atoms with Crippen LogP contribution in [0.4, 0.5) is 0 Å². The highest BCUT2D eigenvalue weighted by Gasteiger charge is 2.23. The van der Waals surface area contributed by atoms with Crippen molar-refractivity contribution in [3.05, 3.63) is 65.2 Å². The van der Waals surface area contributed by atoms with Crippen molar-refractivity contribution in [3.8, 4) is 11.3 Å². The predicted molar refractivity (Wildman–Crippen MR) is 126 cm³/mol. The Hall–Kier alpha value is -2.15. The maximum absolute atomic E-state index is 5.10. The van der Waals surface area contributed by atoms with Crippen molar-refractivity contribution in [1.82, 2.24) is 4.98 Å². The number of hydrogen-bond donors (Lipinski definition) is 0. The van der Waals surface area contributed by atoms with Gasteiger partial charge in [0.1, 0.15) is 0 Å². The van der Waals surface area contributed by atoms with Crippen LogP contribution >= 0.6 is 0 Å². The summed E-state index contributed by atoms with van der Waals surface area (Å²) in [6.07, 6.45) is 6.96. The molecular weight excluding hydrogens is 350 g/mol. The highest BCUT2D eigenvalue weighted by Crippen LogP contribution is 2.38. The van der Waals surface area contributed by atoms with Crippen LogP contribution in [0.5, 0.6) is 0 Å². The first-order chi connectivity index (χ1) is 13.8. The van der Waals surface area contributed by atoms with Gasteiger partial charge in [0.25, 0.3) is 0 Å². The predicted octanol–water partition coefficient (Wildman–Crippen LogP) is 8.19. The van der Waals surface area contributed by atoms with Gasteiger partial charge in [-0.05, 0) is 72.4 Å². The van der Waals surface area contributed by atoms with Crippen molar-refractivity contribution in [3.63, 3.8) is 0 Å². The molecule has 2 aromatic carbocycles. The zero-order chi connectivity index (χ0) is 20.6. The fourth-order valence-corrected chi connectivity index (χ4v) is 4.99. The van der Waals surface area contributed by atoms with Gasteiger partial charge in [0.2, 0.25) is 0 Å². The first kappa shape index (κ1) is 20.1. The molecule has 0 radical (unpaired) electrons. The number of benzene rings is 2. The second-order valence-corrected chi connectivity index (χ2v) is 10.1. The molecule has 1 atom stereocenters. The molecule has 1 aliphatic rings. The van der Waals surface area contributed by atoms with Crippen LogP contribution in [0.25, 0.3) is 22.2 Å². The summed E-state index contributed by atoms with van der Waals surface area (Å²) in [4.78, 5) is 5.10. The number of aromatic nitrogens is 1. The summed E-state index contributed by atoms with van der Waals surface area (Å²) in [7, 11) is 0. The Morgan fingerprint density at radius 1 is 0.931 bits per heavy atom. The van der Waals surface area contributed by atoms with E-state index in [1.54, 1.807) is 0 Å². The lowest BCUT2D eigenvalue weighted by Gasteiger charge is -2.28. The molecular formula is C28H35N. The standard InChI is InChI=1S/C28H35N/c1-19-16-22(18-23(17-19)28(3,4)5)26-15-14-25-24(12-9-13-27(25)29-26)20(2)21-10-7-6-8-11-21/h9,12-18,20-21H,6-8,10-11H2,1-5H3. The van der Waals surface area contributed by atoms with Crippen molar-refractivity contribution in [1.29, 1.82) is 0 Å². The number of fused-ring (bicyclic) bond motifs is 1. The summed E-state index contributed by atoms with van der Waals surface area (Å²) in [5, 5.41) is 1.33. The van der Waals surface area contributed by atoms with Gasteiger partial charge in [-0.3, -0.25) is 0 Å². The fourth-order valence-electron chi connectivity index (χ4n) is 4.99. The number of hydrogen-bond acceptors (Lipinski definition) is 1. The lowest BCUT2D eigenvalue weighted by Crippen LogP contribution is -2.14. The van der Waals surface area contributed by atoms with Crippen LogP contribution in [-0.4, -0.2) is 4.98 Å². The van der Waals surface area contributed by atoms with Crippen molar-refractivity contribution in [2.45, 2.75) is 78.1 Å². The average Bonchev–Trinajstić information content (AvgIpc) is 2.72. The minimum atomic E-state index is 0.139. The third kappa shape index (κ3) is 4.25. The van der Waals surface area contributed by atoms with Crippen molar-refractivity contribution in [2.24, 2.45) is 5.92 Å². The van der Waals surface area contributed by atoms with Gasteiger partial charge in [0.15, 0.2) is 0 Å². The third-order valence-electron chi connectivity index (χ3n) is 6.85. The maximum Gasteiger partial charge on any atom is 0.0712 e. The van der Waals surface area contributed by atoms with Crippen LogP contribution < -0.4 is 0 Å². The first-order valence-corrected chi connectivity index (χ1v) is 11.3. The molecule has 1 unspecified atom stereocenters. The van der Waals surface area contributed by atoms with Crippen molar-refractivity contribution >= 4 is 10.9 Å². The van der Waals surface area contributed by atoms with Crippen LogP contribution in [0.15, 0.2) is 48.5 Å². The van der Waals surface area contributed by atoms with Gasteiger partial charge in [-0.25, -0.2) is 4.98 Å². The molecule has 0 aliphatic heterocycles. The quantitative estimate of drug-likeness (QED) is 0.443. The molecule has 29 heavy (non-hydrogen) atoms. The van der Waals surface area contributed by atoms with E-state index in [0.29, 0.717) is 5.92 Å². The topological polar surface area (TPSA) is 12.9 Å². The van der Waals surface area contributed by atoms with Gasteiger partial charge in [-0.1, -0.05) is 76.8 Å².